The van der Waals surface area contributed by atoms with Gasteiger partial charge in [0.15, 0.2) is 0 Å². The van der Waals surface area contributed by atoms with Crippen molar-refractivity contribution in [1.82, 2.24) is 0 Å². The fourth-order valence-corrected chi connectivity index (χ4v) is 5.10. The number of rotatable bonds is 9. The molecule has 1 heteroatoms. The van der Waals surface area contributed by atoms with Gasteiger partial charge in [0.2, 0.25) is 0 Å². The first-order valence-electron chi connectivity index (χ1n) is 10.4. The number of fused-ring (bicyclic) bond motifs is 1. The zero-order chi connectivity index (χ0) is 18.4. The molecular weight excluding hydrogens is 391 g/mol. The van der Waals surface area contributed by atoms with E-state index in [-0.39, 0.29) is 0 Å². The third-order valence-electron chi connectivity index (χ3n) is 5.55. The van der Waals surface area contributed by atoms with Gasteiger partial charge in [-0.15, -0.1) is 0 Å². The number of benzene rings is 2. The minimum absolute atomic E-state index is 0.669. The van der Waals surface area contributed by atoms with Crippen molar-refractivity contribution >= 4 is 6.08 Å². The zero-order valence-electron chi connectivity index (χ0n) is 16.4. The molecule has 0 nitrogen and oxygen atoms in total. The second-order valence-corrected chi connectivity index (χ2v) is 8.99. The summed E-state index contributed by atoms with van der Waals surface area (Å²) in [6.07, 6.45) is 13.0. The number of aryl methyl sites for hydroxylation is 1. The van der Waals surface area contributed by atoms with E-state index in [4.69, 9.17) is 0 Å². The fraction of sp³-hybridized carbons (Fsp3) is 0.440. The van der Waals surface area contributed by atoms with E-state index in [0.29, 0.717) is 3.63 Å². The Kier molecular flexibility index (Phi) is 7.50. The molecule has 1 aliphatic rings. The molecule has 135 valence electrons. The third-order valence-corrected chi connectivity index (χ3v) is 7.23. The van der Waals surface area contributed by atoms with Gasteiger partial charge in [-0.25, -0.2) is 0 Å². The summed E-state index contributed by atoms with van der Waals surface area (Å²) in [6.45, 7) is 4.55. The van der Waals surface area contributed by atoms with Crippen LogP contribution in [0.5, 0.6) is 0 Å². The minimum atomic E-state index is 0.669. The van der Waals surface area contributed by atoms with Crippen LogP contribution in [0, 0.1) is 0 Å². The van der Waals surface area contributed by atoms with E-state index in [1.807, 2.05) is 0 Å². The Labute approximate surface area is 175 Å². The Balaban J connectivity index is 1.80. The van der Waals surface area contributed by atoms with Gasteiger partial charge < -0.3 is 0 Å². The van der Waals surface area contributed by atoms with E-state index in [0.717, 1.165) is 0 Å². The molecule has 2 aromatic carbocycles. The Morgan fingerprint density at radius 3 is 2.31 bits per heavy atom. The van der Waals surface area contributed by atoms with Crippen molar-refractivity contribution in [3.63, 3.8) is 0 Å². The van der Waals surface area contributed by atoms with Gasteiger partial charge in [-0.1, -0.05) is 0 Å². The van der Waals surface area contributed by atoms with Gasteiger partial charge in [-0.3, -0.25) is 0 Å². The van der Waals surface area contributed by atoms with Crippen molar-refractivity contribution in [2.75, 3.05) is 0 Å². The normalized spacial score (nSPS) is 15.7. The average Bonchev–Trinajstić information content (AvgIpc) is 3.00. The Morgan fingerprint density at radius 2 is 1.58 bits per heavy atom. The molecule has 1 atom stereocenters. The second-order valence-electron chi connectivity index (χ2n) is 7.57. The van der Waals surface area contributed by atoms with Crippen LogP contribution in [-0.2, 0) is 31.1 Å². The van der Waals surface area contributed by atoms with Crippen molar-refractivity contribution in [2.45, 2.75) is 68.8 Å². The summed E-state index contributed by atoms with van der Waals surface area (Å²) in [5.74, 6) is 0. The van der Waals surface area contributed by atoms with Crippen LogP contribution in [0.1, 0.15) is 79.1 Å². The van der Waals surface area contributed by atoms with Gasteiger partial charge in [0.05, 0.1) is 0 Å². The van der Waals surface area contributed by atoms with Crippen molar-refractivity contribution < 1.29 is 24.7 Å². The first kappa shape index (κ1) is 19.8. The maximum absolute atomic E-state index is 2.51. The molecule has 0 fully saturated rings. The predicted molar refractivity (Wildman–Crippen MR) is 110 cm³/mol. The molecule has 3 rings (SSSR count). The van der Waals surface area contributed by atoms with E-state index in [1.54, 1.807) is 35.9 Å². The monoisotopic (exact) mass is 421 g/mol. The first-order valence-corrected chi connectivity index (χ1v) is 11.8. The van der Waals surface area contributed by atoms with Gasteiger partial charge in [-0.05, 0) is 0 Å². The summed E-state index contributed by atoms with van der Waals surface area (Å²) < 4.78 is 0.669. The van der Waals surface area contributed by atoms with Gasteiger partial charge in [-0.2, -0.15) is 0 Å². The van der Waals surface area contributed by atoms with Crippen LogP contribution in [0.4, 0.5) is 0 Å². The van der Waals surface area contributed by atoms with Crippen LogP contribution in [0.25, 0.3) is 17.2 Å². The van der Waals surface area contributed by atoms with Gasteiger partial charge in [0.25, 0.3) is 0 Å². The van der Waals surface area contributed by atoms with Crippen LogP contribution in [0.3, 0.4) is 0 Å². The zero-order valence-corrected chi connectivity index (χ0v) is 18.8. The maximum atomic E-state index is 2.51. The number of unbranched alkanes of at least 4 members (excludes halogenated alkanes) is 4. The number of allylic oxidation sites excluding steroid dienone is 1. The summed E-state index contributed by atoms with van der Waals surface area (Å²) in [4.78, 5) is 0. The Morgan fingerprint density at radius 1 is 0.808 bits per heavy atom. The van der Waals surface area contributed by atoms with E-state index in [9.17, 15) is 0 Å². The topological polar surface area (TPSA) is 0 Å². The van der Waals surface area contributed by atoms with Crippen molar-refractivity contribution in [2.24, 2.45) is 0 Å². The van der Waals surface area contributed by atoms with E-state index in [1.165, 1.54) is 73.6 Å². The Bertz CT molecular complexity index is 739. The molecule has 0 aliphatic heterocycles. The van der Waals surface area contributed by atoms with Crippen LogP contribution < -0.4 is 0 Å². The standard InChI is InChI=1S/C25H31.Zr/c1-3-5-7-8-11-21-18-23-12-9-13-24(25(23)19-21)22-16-14-20(15-17-22)10-6-4-2;/h9,12-19H,3-8,10-11H2,1-2H3;. The quantitative estimate of drug-likeness (QED) is 0.364. The summed E-state index contributed by atoms with van der Waals surface area (Å²) in [5.41, 5.74) is 8.96. The molecule has 0 saturated heterocycles. The van der Waals surface area contributed by atoms with Gasteiger partial charge in [0.1, 0.15) is 0 Å². The van der Waals surface area contributed by atoms with Crippen LogP contribution in [0.2, 0.25) is 0 Å². The third kappa shape index (κ3) is 4.66. The summed E-state index contributed by atoms with van der Waals surface area (Å²) in [7, 11) is 0. The molecule has 26 heavy (non-hydrogen) atoms. The number of hydrogen-bond donors (Lipinski definition) is 0. The molecule has 0 radical (unpaired) electrons. The van der Waals surface area contributed by atoms with E-state index in [2.05, 4.69) is 62.4 Å². The molecule has 2 aromatic rings. The molecule has 0 bridgehead atoms. The van der Waals surface area contributed by atoms with Gasteiger partial charge >= 0.3 is 175 Å². The molecule has 1 aliphatic carbocycles. The molecule has 0 saturated carbocycles. The summed E-state index contributed by atoms with van der Waals surface area (Å²) >= 11 is 1.63. The molecular formula is C25H31Zr. The van der Waals surface area contributed by atoms with Crippen LogP contribution in [-0.4, -0.2) is 0 Å². The molecule has 0 heterocycles. The second kappa shape index (κ2) is 9.84. The van der Waals surface area contributed by atoms with E-state index < -0.39 is 0 Å². The number of hydrogen-bond acceptors (Lipinski definition) is 0. The molecule has 0 N–H and O–H groups in total. The fourth-order valence-electron chi connectivity index (χ4n) is 3.92. The molecule has 0 aromatic heterocycles. The van der Waals surface area contributed by atoms with Crippen molar-refractivity contribution in [1.29, 1.82) is 0 Å². The van der Waals surface area contributed by atoms with E-state index >= 15 is 0 Å². The first-order chi connectivity index (χ1) is 12.7. The predicted octanol–water partition coefficient (Wildman–Crippen LogP) is 7.65. The SMILES string of the molecule is CCCCCCC1=Cc2c(-c3ccc(CCCC)cc3)cccc2[CH]1[Zr]. The van der Waals surface area contributed by atoms with Gasteiger partial charge in [0, 0.05) is 0 Å². The average molecular weight is 423 g/mol. The summed E-state index contributed by atoms with van der Waals surface area (Å²) in [5, 5.41) is 0. The van der Waals surface area contributed by atoms with Crippen molar-refractivity contribution in [3.8, 4) is 11.1 Å². The van der Waals surface area contributed by atoms with Crippen LogP contribution >= 0.6 is 0 Å². The van der Waals surface area contributed by atoms with Crippen molar-refractivity contribution in [3.05, 3.63) is 64.7 Å². The molecule has 1 unspecified atom stereocenters. The molecule has 0 spiro atoms. The Hall–Kier alpha value is -0.937. The molecule has 0 amide bonds. The van der Waals surface area contributed by atoms with Crippen LogP contribution in [0.15, 0.2) is 48.0 Å². The summed E-state index contributed by atoms with van der Waals surface area (Å²) in [6, 6.07) is 16.2.